The fraction of sp³-hybridized carbons (Fsp3) is 1.00. The van der Waals surface area contributed by atoms with Crippen molar-refractivity contribution < 1.29 is 16.8 Å². The predicted molar refractivity (Wildman–Crippen MR) is 51.5 cm³/mol. The third-order valence-corrected chi connectivity index (χ3v) is 3.73. The molecule has 0 aromatic carbocycles. The van der Waals surface area contributed by atoms with Gasteiger partial charge in [0, 0.05) is 6.26 Å². The third-order valence-electron chi connectivity index (χ3n) is 1.24. The van der Waals surface area contributed by atoms with E-state index in [0.717, 1.165) is 6.26 Å². The summed E-state index contributed by atoms with van der Waals surface area (Å²) in [6.45, 7) is 3.11. The van der Waals surface area contributed by atoms with Crippen molar-refractivity contribution in [2.45, 2.75) is 13.8 Å². The predicted octanol–water partition coefficient (Wildman–Crippen LogP) is -0.654. The van der Waals surface area contributed by atoms with E-state index < -0.39 is 25.3 Å². The summed E-state index contributed by atoms with van der Waals surface area (Å²) in [5, 5.41) is 4.82. The molecule has 0 spiro atoms. The lowest BCUT2D eigenvalue weighted by atomic mass is 10.0. The summed E-state index contributed by atoms with van der Waals surface area (Å²) in [7, 11) is -6.79. The first kappa shape index (κ1) is 12.9. The molecule has 13 heavy (non-hydrogen) atoms. The lowest BCUT2D eigenvalue weighted by Gasteiger charge is -2.21. The van der Waals surface area contributed by atoms with Crippen LogP contribution in [-0.2, 0) is 19.9 Å². The fourth-order valence-electron chi connectivity index (χ4n) is 1.30. The van der Waals surface area contributed by atoms with Gasteiger partial charge in [0.15, 0.2) is 0 Å². The highest BCUT2D eigenvalue weighted by Crippen LogP contribution is 2.18. The minimum atomic E-state index is -3.62. The quantitative estimate of drug-likeness (QED) is 0.692. The number of hydrogen-bond acceptors (Lipinski definition) is 4. The average molecular weight is 229 g/mol. The van der Waals surface area contributed by atoms with Crippen LogP contribution in [0.25, 0.3) is 0 Å². The number of sulfone groups is 1. The van der Waals surface area contributed by atoms with Crippen LogP contribution < -0.4 is 5.14 Å². The third kappa shape index (κ3) is 8.20. The van der Waals surface area contributed by atoms with Crippen molar-refractivity contribution in [3.05, 3.63) is 0 Å². The molecule has 0 heterocycles. The zero-order valence-corrected chi connectivity index (χ0v) is 9.57. The molecule has 0 fully saturated rings. The second-order valence-electron chi connectivity index (χ2n) is 4.04. The number of nitrogens with two attached hydrogens (primary N) is 1. The number of hydrogen-bond donors (Lipinski definition) is 1. The van der Waals surface area contributed by atoms with E-state index in [1.54, 1.807) is 13.8 Å². The molecular weight excluding hydrogens is 214 g/mol. The molecule has 0 rings (SSSR count). The van der Waals surface area contributed by atoms with E-state index >= 15 is 0 Å². The highest BCUT2D eigenvalue weighted by Gasteiger charge is 2.27. The maximum absolute atomic E-state index is 10.9. The largest absolute Gasteiger partial charge is 0.229 e. The molecule has 0 saturated heterocycles. The minimum absolute atomic E-state index is 0.184. The van der Waals surface area contributed by atoms with E-state index in [0.29, 0.717) is 0 Å². The summed E-state index contributed by atoms with van der Waals surface area (Å²) in [6.07, 6.45) is 1.07. The van der Waals surface area contributed by atoms with Crippen LogP contribution in [0.2, 0.25) is 0 Å². The Hall–Kier alpha value is -0.140. The van der Waals surface area contributed by atoms with Crippen molar-refractivity contribution >= 4 is 19.9 Å². The molecule has 0 bridgehead atoms. The van der Waals surface area contributed by atoms with E-state index in [9.17, 15) is 16.8 Å². The van der Waals surface area contributed by atoms with Gasteiger partial charge in [0.1, 0.15) is 9.84 Å². The molecule has 5 nitrogen and oxygen atoms in total. The number of sulfonamides is 1. The van der Waals surface area contributed by atoms with Gasteiger partial charge in [-0.15, -0.1) is 0 Å². The molecule has 0 aliphatic carbocycles. The van der Waals surface area contributed by atoms with Gasteiger partial charge in [-0.2, -0.15) is 0 Å². The van der Waals surface area contributed by atoms with Crippen LogP contribution >= 0.6 is 0 Å². The molecule has 0 amide bonds. The molecule has 0 aromatic heterocycles. The maximum atomic E-state index is 10.9. The van der Waals surface area contributed by atoms with Crippen molar-refractivity contribution in [1.29, 1.82) is 0 Å². The van der Waals surface area contributed by atoms with Gasteiger partial charge < -0.3 is 0 Å². The van der Waals surface area contributed by atoms with Crippen LogP contribution in [0.4, 0.5) is 0 Å². The van der Waals surface area contributed by atoms with Crippen molar-refractivity contribution in [2.75, 3.05) is 17.8 Å². The zero-order valence-electron chi connectivity index (χ0n) is 7.94. The molecule has 0 aliphatic heterocycles. The monoisotopic (exact) mass is 229 g/mol. The Labute approximate surface area is 79.3 Å². The van der Waals surface area contributed by atoms with Crippen LogP contribution in [0.1, 0.15) is 13.8 Å². The van der Waals surface area contributed by atoms with Gasteiger partial charge in [0.25, 0.3) is 0 Å². The Balaban J connectivity index is 4.62. The van der Waals surface area contributed by atoms with E-state index in [-0.39, 0.29) is 11.5 Å². The topological polar surface area (TPSA) is 94.3 Å². The van der Waals surface area contributed by atoms with E-state index in [1.807, 2.05) is 0 Å². The molecule has 0 aromatic rings. The van der Waals surface area contributed by atoms with Gasteiger partial charge >= 0.3 is 0 Å². The minimum Gasteiger partial charge on any atom is -0.229 e. The van der Waals surface area contributed by atoms with Crippen LogP contribution in [0.5, 0.6) is 0 Å². The maximum Gasteiger partial charge on any atom is 0.209 e. The molecule has 0 aliphatic rings. The van der Waals surface area contributed by atoms with Crippen molar-refractivity contribution in [3.8, 4) is 0 Å². The first-order valence-electron chi connectivity index (χ1n) is 3.60. The smallest absolute Gasteiger partial charge is 0.209 e. The first-order valence-corrected chi connectivity index (χ1v) is 7.37. The highest BCUT2D eigenvalue weighted by molar-refractivity contribution is 7.91. The van der Waals surface area contributed by atoms with Crippen LogP contribution in [0.15, 0.2) is 0 Å². The summed E-state index contributed by atoms with van der Waals surface area (Å²) in [4.78, 5) is 0. The van der Waals surface area contributed by atoms with Gasteiger partial charge in [0.05, 0.1) is 11.5 Å². The van der Waals surface area contributed by atoms with Gasteiger partial charge in [-0.1, -0.05) is 13.8 Å². The van der Waals surface area contributed by atoms with Gasteiger partial charge in [0.2, 0.25) is 10.0 Å². The second-order valence-corrected chi connectivity index (χ2v) is 7.80. The summed E-state index contributed by atoms with van der Waals surface area (Å²) in [5.41, 5.74) is -0.832. The Morgan fingerprint density at radius 2 is 1.46 bits per heavy atom. The first-order chi connectivity index (χ1) is 5.41. The summed E-state index contributed by atoms with van der Waals surface area (Å²) < 4.78 is 43.2. The average Bonchev–Trinajstić information content (AvgIpc) is 1.43. The second kappa shape index (κ2) is 3.55. The number of rotatable bonds is 4. The molecule has 0 saturated carbocycles. The van der Waals surface area contributed by atoms with E-state index in [4.69, 9.17) is 5.14 Å². The SMILES string of the molecule is CC(C)(CS(C)(=O)=O)CS(N)(=O)=O. The molecule has 0 unspecified atom stereocenters. The Kier molecular flexibility index (Phi) is 3.51. The van der Waals surface area contributed by atoms with E-state index in [1.165, 1.54) is 0 Å². The summed E-state index contributed by atoms with van der Waals surface area (Å²) in [5.74, 6) is -0.510. The fourth-order valence-corrected chi connectivity index (χ4v) is 4.14. The van der Waals surface area contributed by atoms with Crippen LogP contribution in [-0.4, -0.2) is 34.6 Å². The molecule has 0 atom stereocenters. The summed E-state index contributed by atoms with van der Waals surface area (Å²) in [6, 6.07) is 0. The molecule has 2 N–H and O–H groups in total. The Morgan fingerprint density at radius 3 is 1.69 bits per heavy atom. The Morgan fingerprint density at radius 1 is 1.08 bits per heavy atom. The normalized spacial score (nSPS) is 14.5. The van der Waals surface area contributed by atoms with Crippen molar-refractivity contribution in [3.63, 3.8) is 0 Å². The van der Waals surface area contributed by atoms with Gasteiger partial charge in [-0.05, 0) is 5.41 Å². The van der Waals surface area contributed by atoms with Gasteiger partial charge in [-0.25, -0.2) is 22.0 Å². The van der Waals surface area contributed by atoms with Crippen molar-refractivity contribution in [1.82, 2.24) is 0 Å². The molecular formula is C6H15NO4S2. The Bertz CT molecular complexity index is 329. The van der Waals surface area contributed by atoms with E-state index in [2.05, 4.69) is 0 Å². The van der Waals surface area contributed by atoms with Gasteiger partial charge in [-0.3, -0.25) is 0 Å². The lowest BCUT2D eigenvalue weighted by molar-refractivity contribution is 0.458. The van der Waals surface area contributed by atoms with Crippen LogP contribution in [0, 0.1) is 5.41 Å². The standard InChI is InChI=1S/C6H15NO4S2/c1-6(2,4-12(3,8)9)5-13(7,10)11/h4-5H2,1-3H3,(H2,7,10,11). The number of primary sulfonamides is 1. The molecule has 7 heteroatoms. The molecule has 80 valence electrons. The molecule has 0 radical (unpaired) electrons. The van der Waals surface area contributed by atoms with Crippen LogP contribution in [0.3, 0.4) is 0 Å². The zero-order chi connectivity index (χ0) is 10.9. The van der Waals surface area contributed by atoms with Crippen molar-refractivity contribution in [2.24, 2.45) is 10.6 Å². The summed E-state index contributed by atoms with van der Waals surface area (Å²) >= 11 is 0. The lowest BCUT2D eigenvalue weighted by Crippen LogP contribution is -2.34. The highest BCUT2D eigenvalue weighted by atomic mass is 32.2.